The Labute approximate surface area is 109 Å². The highest BCUT2D eigenvalue weighted by Gasteiger charge is 2.26. The van der Waals surface area contributed by atoms with Gasteiger partial charge in [-0.1, -0.05) is 22.4 Å². The van der Waals surface area contributed by atoms with Crippen LogP contribution in [0.2, 0.25) is 0 Å². The third-order valence-corrected chi connectivity index (χ3v) is 4.26. The summed E-state index contributed by atoms with van der Waals surface area (Å²) < 4.78 is 13.1. The molecule has 1 N–H and O–H groups in total. The molecule has 0 aliphatic heterocycles. The van der Waals surface area contributed by atoms with Gasteiger partial charge in [0, 0.05) is 16.4 Å². The quantitative estimate of drug-likeness (QED) is 0.835. The van der Waals surface area contributed by atoms with Crippen LogP contribution in [-0.4, -0.2) is 16.8 Å². The average Bonchev–Trinajstić information content (AvgIpc) is 2.68. The number of hydrogen-bond donors (Lipinski definition) is 1. The molecule has 1 amide bonds. The molecule has 2 rings (SSSR count). The largest absolute Gasteiger partial charge is 0.348 e. The van der Waals surface area contributed by atoms with Gasteiger partial charge < -0.3 is 5.32 Å². The Hall–Kier alpha value is -0.900. The van der Waals surface area contributed by atoms with E-state index in [1.165, 1.54) is 12.1 Å². The predicted molar refractivity (Wildman–Crippen MR) is 69.0 cm³/mol. The Morgan fingerprint density at radius 3 is 2.82 bits per heavy atom. The molecule has 1 aromatic carbocycles. The minimum atomic E-state index is -0.277. The van der Waals surface area contributed by atoms with Gasteiger partial charge in [0.05, 0.1) is 0 Å². The number of carbonyl (C=O) groups excluding carboxylic acids is 1. The number of alkyl halides is 1. The van der Waals surface area contributed by atoms with Crippen LogP contribution in [0, 0.1) is 12.7 Å². The van der Waals surface area contributed by atoms with Crippen molar-refractivity contribution in [1.29, 1.82) is 0 Å². The van der Waals surface area contributed by atoms with E-state index in [4.69, 9.17) is 0 Å². The van der Waals surface area contributed by atoms with Crippen molar-refractivity contribution in [1.82, 2.24) is 5.32 Å². The highest BCUT2D eigenvalue weighted by molar-refractivity contribution is 9.09. The standard InChI is InChI=1S/C13H15BrFNO/c1-8-7-9(5-6-11(8)15)13(17)16-12-4-2-3-10(12)14/h5-7,10,12H,2-4H2,1H3,(H,16,17). The highest BCUT2D eigenvalue weighted by Crippen LogP contribution is 2.25. The average molecular weight is 300 g/mol. The molecule has 1 aliphatic carbocycles. The van der Waals surface area contributed by atoms with Crippen LogP contribution < -0.4 is 5.32 Å². The molecule has 0 heterocycles. The number of rotatable bonds is 2. The molecule has 1 fully saturated rings. The maximum atomic E-state index is 13.1. The summed E-state index contributed by atoms with van der Waals surface area (Å²) in [6.45, 7) is 1.66. The molecule has 0 radical (unpaired) electrons. The van der Waals surface area contributed by atoms with Gasteiger partial charge in [-0.2, -0.15) is 0 Å². The number of halogens is 2. The lowest BCUT2D eigenvalue weighted by atomic mass is 10.1. The van der Waals surface area contributed by atoms with Crippen molar-refractivity contribution in [3.63, 3.8) is 0 Å². The van der Waals surface area contributed by atoms with Crippen LogP contribution in [0.25, 0.3) is 0 Å². The van der Waals surface area contributed by atoms with Gasteiger partial charge in [0.15, 0.2) is 0 Å². The molecule has 17 heavy (non-hydrogen) atoms. The van der Waals surface area contributed by atoms with Crippen molar-refractivity contribution >= 4 is 21.8 Å². The Kier molecular flexibility index (Phi) is 3.82. The lowest BCUT2D eigenvalue weighted by Gasteiger charge is -2.16. The SMILES string of the molecule is Cc1cc(C(=O)NC2CCCC2Br)ccc1F. The molecule has 1 aliphatic rings. The van der Waals surface area contributed by atoms with E-state index in [0.29, 0.717) is 16.0 Å². The van der Waals surface area contributed by atoms with Gasteiger partial charge in [0.2, 0.25) is 0 Å². The molecular formula is C13H15BrFNO. The zero-order valence-corrected chi connectivity index (χ0v) is 11.3. The summed E-state index contributed by atoms with van der Waals surface area (Å²) in [7, 11) is 0. The molecule has 92 valence electrons. The van der Waals surface area contributed by atoms with E-state index in [-0.39, 0.29) is 17.8 Å². The van der Waals surface area contributed by atoms with E-state index in [2.05, 4.69) is 21.2 Å². The van der Waals surface area contributed by atoms with Crippen LogP contribution in [0.1, 0.15) is 35.2 Å². The number of hydrogen-bond acceptors (Lipinski definition) is 1. The van der Waals surface area contributed by atoms with Crippen LogP contribution in [0.5, 0.6) is 0 Å². The first-order valence-electron chi connectivity index (χ1n) is 5.79. The van der Waals surface area contributed by atoms with Crippen LogP contribution in [0.3, 0.4) is 0 Å². The van der Waals surface area contributed by atoms with Crippen molar-refractivity contribution in [2.24, 2.45) is 0 Å². The van der Waals surface area contributed by atoms with Gasteiger partial charge in [-0.15, -0.1) is 0 Å². The summed E-state index contributed by atoms with van der Waals surface area (Å²) in [5.74, 6) is -0.398. The zero-order chi connectivity index (χ0) is 12.4. The summed E-state index contributed by atoms with van der Waals surface area (Å²) >= 11 is 3.56. The topological polar surface area (TPSA) is 29.1 Å². The first kappa shape index (κ1) is 12.6. The normalized spacial score (nSPS) is 23.7. The molecule has 1 aromatic rings. The van der Waals surface area contributed by atoms with Gasteiger partial charge >= 0.3 is 0 Å². The molecule has 0 aromatic heterocycles. The highest BCUT2D eigenvalue weighted by atomic mass is 79.9. The minimum Gasteiger partial charge on any atom is -0.348 e. The summed E-state index contributed by atoms with van der Waals surface area (Å²) in [5.41, 5.74) is 1.02. The fourth-order valence-corrected chi connectivity index (χ4v) is 2.84. The summed E-state index contributed by atoms with van der Waals surface area (Å²) in [5, 5.41) is 2.98. The monoisotopic (exact) mass is 299 g/mol. The van der Waals surface area contributed by atoms with Crippen LogP contribution in [0.4, 0.5) is 4.39 Å². The molecule has 2 atom stereocenters. The molecule has 0 saturated heterocycles. The number of nitrogens with one attached hydrogen (secondary N) is 1. The van der Waals surface area contributed by atoms with E-state index in [9.17, 15) is 9.18 Å². The smallest absolute Gasteiger partial charge is 0.251 e. The predicted octanol–water partition coefficient (Wildman–Crippen LogP) is 3.18. The number of carbonyl (C=O) groups is 1. The molecule has 2 nitrogen and oxygen atoms in total. The second kappa shape index (κ2) is 5.17. The molecule has 2 unspecified atom stereocenters. The van der Waals surface area contributed by atoms with Crippen LogP contribution >= 0.6 is 15.9 Å². The summed E-state index contributed by atoms with van der Waals surface area (Å²) in [4.78, 5) is 12.3. The van der Waals surface area contributed by atoms with E-state index < -0.39 is 0 Å². The van der Waals surface area contributed by atoms with Crippen molar-refractivity contribution in [2.45, 2.75) is 37.1 Å². The molecule has 4 heteroatoms. The fraction of sp³-hybridized carbons (Fsp3) is 0.462. The maximum Gasteiger partial charge on any atom is 0.251 e. The lowest BCUT2D eigenvalue weighted by molar-refractivity contribution is 0.0939. The molecular weight excluding hydrogens is 285 g/mol. The van der Waals surface area contributed by atoms with E-state index in [0.717, 1.165) is 19.3 Å². The molecule has 0 spiro atoms. The van der Waals surface area contributed by atoms with Gasteiger partial charge in [0.25, 0.3) is 5.91 Å². The van der Waals surface area contributed by atoms with Gasteiger partial charge in [-0.25, -0.2) is 4.39 Å². The van der Waals surface area contributed by atoms with Crippen LogP contribution in [0.15, 0.2) is 18.2 Å². The molecule has 0 bridgehead atoms. The van der Waals surface area contributed by atoms with Crippen molar-refractivity contribution in [2.75, 3.05) is 0 Å². The number of benzene rings is 1. The summed E-state index contributed by atoms with van der Waals surface area (Å²) in [6, 6.07) is 4.64. The number of amides is 1. The third kappa shape index (κ3) is 2.86. The van der Waals surface area contributed by atoms with Gasteiger partial charge in [-0.3, -0.25) is 4.79 Å². The van der Waals surface area contributed by atoms with Gasteiger partial charge in [0.1, 0.15) is 5.82 Å². The van der Waals surface area contributed by atoms with Gasteiger partial charge in [-0.05, 0) is 43.5 Å². The molecule has 1 saturated carbocycles. The zero-order valence-electron chi connectivity index (χ0n) is 9.67. The second-order valence-corrected chi connectivity index (χ2v) is 5.67. The van der Waals surface area contributed by atoms with Crippen LogP contribution in [-0.2, 0) is 0 Å². The Morgan fingerprint density at radius 1 is 1.47 bits per heavy atom. The first-order chi connectivity index (χ1) is 8.08. The Bertz CT molecular complexity index is 435. The third-order valence-electron chi connectivity index (χ3n) is 3.17. The van der Waals surface area contributed by atoms with E-state index >= 15 is 0 Å². The number of aryl methyl sites for hydroxylation is 1. The maximum absolute atomic E-state index is 13.1. The van der Waals surface area contributed by atoms with E-state index in [1.54, 1.807) is 13.0 Å². The van der Waals surface area contributed by atoms with Crippen molar-refractivity contribution < 1.29 is 9.18 Å². The fourth-order valence-electron chi connectivity index (χ4n) is 2.12. The van der Waals surface area contributed by atoms with Crippen molar-refractivity contribution in [3.8, 4) is 0 Å². The van der Waals surface area contributed by atoms with E-state index in [1.807, 2.05) is 0 Å². The second-order valence-electron chi connectivity index (χ2n) is 4.49. The first-order valence-corrected chi connectivity index (χ1v) is 6.70. The lowest BCUT2D eigenvalue weighted by Crippen LogP contribution is -2.37. The van der Waals surface area contributed by atoms with Crippen molar-refractivity contribution in [3.05, 3.63) is 35.1 Å². The minimum absolute atomic E-state index is 0.121. The Balaban J connectivity index is 2.06. The summed E-state index contributed by atoms with van der Waals surface area (Å²) in [6.07, 6.45) is 3.22. The Morgan fingerprint density at radius 2 is 2.24 bits per heavy atom.